The first kappa shape index (κ1) is 33.2. The van der Waals surface area contributed by atoms with E-state index in [2.05, 4.69) is 11.5 Å². The number of halogens is 1. The number of benzene rings is 2. The summed E-state index contributed by atoms with van der Waals surface area (Å²) >= 11 is 6.01. The highest BCUT2D eigenvalue weighted by Gasteiger charge is 2.27. The van der Waals surface area contributed by atoms with Crippen molar-refractivity contribution in [2.24, 2.45) is 0 Å². The molecule has 0 aliphatic carbocycles. The zero-order chi connectivity index (χ0) is 30.8. The van der Waals surface area contributed by atoms with Crippen LogP contribution in [0.5, 0.6) is 5.75 Å². The van der Waals surface area contributed by atoms with E-state index in [4.69, 9.17) is 21.1 Å². The van der Waals surface area contributed by atoms with Crippen molar-refractivity contribution in [1.29, 1.82) is 0 Å². The first-order valence-electron chi connectivity index (χ1n) is 14.1. The summed E-state index contributed by atoms with van der Waals surface area (Å²) in [7, 11) is -3.93. The van der Waals surface area contributed by atoms with Gasteiger partial charge in [-0.05, 0) is 76.6 Å². The maximum absolute atomic E-state index is 13.8. The molecular formula is C32H42ClN3O5S. The SMILES string of the molecule is C=C/C(=C\C=C/C)N(Cc1ccccc1OCCCN1CCN(C(=O)OC(C)(C)C)CC1)S(=O)(=O)c1ccc(Cl)cc1. The molecule has 1 amide bonds. The van der Waals surface area contributed by atoms with Gasteiger partial charge in [-0.1, -0.05) is 48.5 Å². The molecule has 1 aliphatic rings. The van der Waals surface area contributed by atoms with Gasteiger partial charge in [-0.3, -0.25) is 9.21 Å². The molecule has 228 valence electrons. The number of para-hydroxylation sites is 1. The standard InChI is InChI=1S/C32H42ClN3O5S/c1-6-8-13-28(7-2)36(42(38,39)29-17-15-27(33)16-18-29)25-26-12-9-10-14-30(26)40-24-11-19-34-20-22-35(23-21-34)31(37)41-32(3,4)5/h6-10,12-18H,2,11,19-25H2,1,3-5H3/b8-6-,28-13+. The van der Waals surface area contributed by atoms with Gasteiger partial charge in [-0.15, -0.1) is 0 Å². The van der Waals surface area contributed by atoms with E-state index in [1.807, 2.05) is 58.0 Å². The number of hydrogen-bond acceptors (Lipinski definition) is 6. The van der Waals surface area contributed by atoms with Gasteiger partial charge in [0.2, 0.25) is 0 Å². The largest absolute Gasteiger partial charge is 0.493 e. The van der Waals surface area contributed by atoms with Crippen molar-refractivity contribution in [2.45, 2.75) is 51.2 Å². The van der Waals surface area contributed by atoms with Crippen LogP contribution in [0, 0.1) is 0 Å². The first-order chi connectivity index (χ1) is 19.9. The smallest absolute Gasteiger partial charge is 0.410 e. The summed E-state index contributed by atoms with van der Waals surface area (Å²) in [6, 6.07) is 13.6. The summed E-state index contributed by atoms with van der Waals surface area (Å²) in [5.41, 5.74) is 0.660. The van der Waals surface area contributed by atoms with E-state index in [-0.39, 0.29) is 17.5 Å². The van der Waals surface area contributed by atoms with Gasteiger partial charge in [0, 0.05) is 43.3 Å². The number of ether oxygens (including phenoxy) is 2. The van der Waals surface area contributed by atoms with E-state index < -0.39 is 15.6 Å². The molecule has 0 aromatic heterocycles. The van der Waals surface area contributed by atoms with Crippen LogP contribution >= 0.6 is 11.6 Å². The number of allylic oxidation sites excluding steroid dienone is 4. The van der Waals surface area contributed by atoms with E-state index in [0.29, 0.717) is 36.2 Å². The number of sulfonamides is 1. The molecule has 0 bridgehead atoms. The Hall–Kier alpha value is -3.27. The third-order valence-corrected chi connectivity index (χ3v) is 8.59. The molecule has 3 rings (SSSR count). The van der Waals surface area contributed by atoms with Crippen molar-refractivity contribution in [3.05, 3.63) is 95.7 Å². The summed E-state index contributed by atoms with van der Waals surface area (Å²) < 4.78 is 40.5. The lowest BCUT2D eigenvalue weighted by Gasteiger charge is -2.35. The van der Waals surface area contributed by atoms with Gasteiger partial charge in [0.25, 0.3) is 10.0 Å². The molecule has 42 heavy (non-hydrogen) atoms. The maximum atomic E-state index is 13.8. The van der Waals surface area contributed by atoms with Gasteiger partial charge >= 0.3 is 6.09 Å². The minimum Gasteiger partial charge on any atom is -0.493 e. The fourth-order valence-electron chi connectivity index (χ4n) is 4.38. The van der Waals surface area contributed by atoms with Gasteiger partial charge in [-0.2, -0.15) is 0 Å². The second-order valence-electron chi connectivity index (χ2n) is 10.9. The number of rotatable bonds is 12. The second-order valence-corrected chi connectivity index (χ2v) is 13.2. The van der Waals surface area contributed by atoms with Crippen LogP contribution in [0.4, 0.5) is 4.79 Å². The first-order valence-corrected chi connectivity index (χ1v) is 15.9. The zero-order valence-corrected chi connectivity index (χ0v) is 26.5. The maximum Gasteiger partial charge on any atom is 0.410 e. The van der Waals surface area contributed by atoms with Crippen LogP contribution in [0.25, 0.3) is 0 Å². The van der Waals surface area contributed by atoms with E-state index in [1.54, 1.807) is 29.2 Å². The fraction of sp³-hybridized carbons (Fsp3) is 0.406. The fourth-order valence-corrected chi connectivity index (χ4v) is 5.96. The highest BCUT2D eigenvalue weighted by molar-refractivity contribution is 7.89. The van der Waals surface area contributed by atoms with Crippen molar-refractivity contribution in [1.82, 2.24) is 14.1 Å². The molecular weight excluding hydrogens is 574 g/mol. The topological polar surface area (TPSA) is 79.4 Å². The average molecular weight is 616 g/mol. The molecule has 2 aromatic carbocycles. The Bertz CT molecular complexity index is 1360. The van der Waals surface area contributed by atoms with Crippen LogP contribution in [0.1, 0.15) is 39.7 Å². The number of amides is 1. The molecule has 0 saturated carbocycles. The molecule has 0 atom stereocenters. The number of hydrogen-bond donors (Lipinski definition) is 0. The van der Waals surface area contributed by atoms with Crippen molar-refractivity contribution in [3.63, 3.8) is 0 Å². The lowest BCUT2D eigenvalue weighted by atomic mass is 10.2. The lowest BCUT2D eigenvalue weighted by molar-refractivity contribution is 0.0142. The van der Waals surface area contributed by atoms with E-state index in [1.165, 1.54) is 22.5 Å². The molecule has 0 unspecified atom stereocenters. The molecule has 1 fully saturated rings. The highest BCUT2D eigenvalue weighted by Crippen LogP contribution is 2.28. The van der Waals surface area contributed by atoms with Crippen LogP contribution in [0.2, 0.25) is 5.02 Å². The van der Waals surface area contributed by atoms with Gasteiger partial charge in [0.05, 0.1) is 23.7 Å². The average Bonchev–Trinajstić information content (AvgIpc) is 2.95. The molecule has 10 heteroatoms. The Labute approximate surface area is 255 Å². The van der Waals surface area contributed by atoms with E-state index in [0.717, 1.165) is 31.6 Å². The lowest BCUT2D eigenvalue weighted by Crippen LogP contribution is -2.50. The number of piperazine rings is 1. The summed E-state index contributed by atoms with van der Waals surface area (Å²) in [6.45, 7) is 15.5. The second kappa shape index (κ2) is 15.3. The summed E-state index contributed by atoms with van der Waals surface area (Å²) in [6.07, 6.45) is 7.36. The van der Waals surface area contributed by atoms with Crippen molar-refractivity contribution in [2.75, 3.05) is 39.3 Å². The molecule has 0 radical (unpaired) electrons. The van der Waals surface area contributed by atoms with Crippen LogP contribution in [0.3, 0.4) is 0 Å². The van der Waals surface area contributed by atoms with Gasteiger partial charge < -0.3 is 14.4 Å². The predicted octanol–water partition coefficient (Wildman–Crippen LogP) is 6.50. The molecule has 0 N–H and O–H groups in total. The van der Waals surface area contributed by atoms with Crippen LogP contribution < -0.4 is 4.74 Å². The van der Waals surface area contributed by atoms with Crippen LogP contribution in [-0.2, 0) is 21.3 Å². The summed E-state index contributed by atoms with van der Waals surface area (Å²) in [4.78, 5) is 16.5. The van der Waals surface area contributed by atoms with E-state index in [9.17, 15) is 13.2 Å². The number of carbonyl (C=O) groups excluding carboxylic acids is 1. The van der Waals surface area contributed by atoms with Gasteiger partial charge in [-0.25, -0.2) is 13.2 Å². The number of carbonyl (C=O) groups is 1. The quantitative estimate of drug-likeness (QED) is 0.200. The molecule has 1 aliphatic heterocycles. The molecule has 8 nitrogen and oxygen atoms in total. The zero-order valence-electron chi connectivity index (χ0n) is 25.0. The minimum absolute atomic E-state index is 0.0587. The molecule has 1 saturated heterocycles. The van der Waals surface area contributed by atoms with Crippen LogP contribution in [0.15, 0.2) is 90.0 Å². The Balaban J connectivity index is 1.65. The normalized spacial score (nSPS) is 15.1. The van der Waals surface area contributed by atoms with E-state index >= 15 is 0 Å². The minimum atomic E-state index is -3.93. The Morgan fingerprint density at radius 3 is 2.36 bits per heavy atom. The van der Waals surface area contributed by atoms with Crippen molar-refractivity contribution < 1.29 is 22.7 Å². The number of nitrogens with zero attached hydrogens (tertiary/aromatic N) is 3. The summed E-state index contributed by atoms with van der Waals surface area (Å²) in [5.74, 6) is 0.623. The third-order valence-electron chi connectivity index (χ3n) is 6.54. The summed E-state index contributed by atoms with van der Waals surface area (Å²) in [5, 5.41) is 0.456. The van der Waals surface area contributed by atoms with Crippen molar-refractivity contribution >= 4 is 27.7 Å². The molecule has 2 aromatic rings. The van der Waals surface area contributed by atoms with Crippen LogP contribution in [-0.4, -0.2) is 73.5 Å². The highest BCUT2D eigenvalue weighted by atomic mass is 35.5. The Morgan fingerprint density at radius 2 is 1.74 bits per heavy atom. The Morgan fingerprint density at radius 1 is 1.07 bits per heavy atom. The molecule has 0 spiro atoms. The molecule has 1 heterocycles. The monoisotopic (exact) mass is 615 g/mol. The predicted molar refractivity (Wildman–Crippen MR) is 168 cm³/mol. The third kappa shape index (κ3) is 9.64. The van der Waals surface area contributed by atoms with Gasteiger partial charge in [0.15, 0.2) is 0 Å². The Kier molecular flexibility index (Phi) is 12.1. The van der Waals surface area contributed by atoms with Crippen molar-refractivity contribution in [3.8, 4) is 5.75 Å². The van der Waals surface area contributed by atoms with Gasteiger partial charge in [0.1, 0.15) is 11.4 Å².